The average molecular weight is 301 g/mol. The highest BCUT2D eigenvalue weighted by molar-refractivity contribution is 8.14. The number of nitrogens with zero attached hydrogens (tertiary/aromatic N) is 3. The van der Waals surface area contributed by atoms with Gasteiger partial charge < -0.3 is 10.6 Å². The van der Waals surface area contributed by atoms with E-state index in [9.17, 15) is 9.59 Å². The Bertz CT molecular complexity index is 668. The Morgan fingerprint density at radius 1 is 1.33 bits per heavy atom. The number of hydrogen-bond acceptors (Lipinski definition) is 6. The van der Waals surface area contributed by atoms with Crippen LogP contribution >= 0.6 is 11.8 Å². The number of carbonyl (C=O) groups is 2. The smallest absolute Gasteiger partial charge is 0.258 e. The number of rotatable bonds is 3. The van der Waals surface area contributed by atoms with E-state index in [-0.39, 0.29) is 17.6 Å². The van der Waals surface area contributed by atoms with Gasteiger partial charge in [-0.15, -0.1) is 0 Å². The number of aliphatic imine (C=N–C) groups is 1. The van der Waals surface area contributed by atoms with Gasteiger partial charge in [-0.25, -0.2) is 4.99 Å². The summed E-state index contributed by atoms with van der Waals surface area (Å²) in [6.07, 6.45) is 0.825. The zero-order valence-corrected chi connectivity index (χ0v) is 11.6. The van der Waals surface area contributed by atoms with Crippen LogP contribution in [0.15, 0.2) is 57.3 Å². The molecule has 0 saturated carbocycles. The molecule has 2 aliphatic rings. The van der Waals surface area contributed by atoms with E-state index >= 15 is 0 Å². The van der Waals surface area contributed by atoms with Crippen LogP contribution < -0.4 is 10.6 Å². The zero-order chi connectivity index (χ0) is 14.7. The maximum atomic E-state index is 11.8. The molecule has 0 saturated heterocycles. The number of hydrogen-bond donors (Lipinski definition) is 2. The minimum absolute atomic E-state index is 0.150. The molecule has 0 aliphatic carbocycles. The molecule has 2 heterocycles. The molecule has 8 heteroatoms. The summed E-state index contributed by atoms with van der Waals surface area (Å²) in [6.45, 7) is 0. The van der Waals surface area contributed by atoms with Crippen molar-refractivity contribution in [3.63, 3.8) is 0 Å². The van der Waals surface area contributed by atoms with E-state index < -0.39 is 6.17 Å². The maximum absolute atomic E-state index is 11.8. The van der Waals surface area contributed by atoms with E-state index in [0.717, 1.165) is 17.4 Å². The number of para-hydroxylation sites is 1. The summed E-state index contributed by atoms with van der Waals surface area (Å²) in [4.78, 5) is 27.8. The SMILES string of the molecule is O=C(CSC1=NC2N=NC=C2C(=O)N1)Nc1ccccc1. The fourth-order valence-corrected chi connectivity index (χ4v) is 2.48. The number of nitrogens with one attached hydrogen (secondary N) is 2. The van der Waals surface area contributed by atoms with Gasteiger partial charge in [-0.05, 0) is 12.1 Å². The van der Waals surface area contributed by atoms with E-state index in [4.69, 9.17) is 0 Å². The lowest BCUT2D eigenvalue weighted by Gasteiger charge is -2.16. The van der Waals surface area contributed by atoms with Gasteiger partial charge in [-0.3, -0.25) is 9.59 Å². The van der Waals surface area contributed by atoms with Crippen LogP contribution in [0.2, 0.25) is 0 Å². The molecule has 3 rings (SSSR count). The van der Waals surface area contributed by atoms with Crippen molar-refractivity contribution in [2.24, 2.45) is 15.2 Å². The Labute approximate surface area is 124 Å². The van der Waals surface area contributed by atoms with Crippen molar-refractivity contribution in [1.82, 2.24) is 5.32 Å². The molecule has 0 radical (unpaired) electrons. The zero-order valence-electron chi connectivity index (χ0n) is 10.8. The maximum Gasteiger partial charge on any atom is 0.258 e. The van der Waals surface area contributed by atoms with Gasteiger partial charge in [0.25, 0.3) is 5.91 Å². The number of fused-ring (bicyclic) bond motifs is 1. The fourth-order valence-electron chi connectivity index (χ4n) is 1.80. The van der Waals surface area contributed by atoms with Crippen LogP contribution in [0.3, 0.4) is 0 Å². The number of amidine groups is 1. The molecule has 7 nitrogen and oxygen atoms in total. The van der Waals surface area contributed by atoms with Gasteiger partial charge in [-0.1, -0.05) is 30.0 Å². The monoisotopic (exact) mass is 301 g/mol. The fraction of sp³-hybridized carbons (Fsp3) is 0.154. The number of anilines is 1. The highest BCUT2D eigenvalue weighted by Gasteiger charge is 2.29. The number of carbonyl (C=O) groups excluding carboxylic acids is 2. The second kappa shape index (κ2) is 5.88. The van der Waals surface area contributed by atoms with Crippen LogP contribution in [-0.4, -0.2) is 28.9 Å². The van der Waals surface area contributed by atoms with Gasteiger partial charge in [0.05, 0.1) is 17.5 Å². The molecule has 1 aromatic rings. The first-order valence-corrected chi connectivity index (χ1v) is 7.18. The molecule has 0 fully saturated rings. The van der Waals surface area contributed by atoms with Crippen molar-refractivity contribution in [3.8, 4) is 0 Å². The number of amides is 2. The van der Waals surface area contributed by atoms with Crippen molar-refractivity contribution in [1.29, 1.82) is 0 Å². The Kier molecular flexibility index (Phi) is 3.78. The first-order chi connectivity index (χ1) is 10.2. The molecule has 1 unspecified atom stereocenters. The molecule has 2 amide bonds. The standard InChI is InChI=1S/C13H11N5O2S/c19-10(15-8-4-2-1-3-5-8)7-21-13-16-11-9(6-14-18-11)12(20)17-13/h1-6,11H,7H2,(H,15,19)(H,16,17,20). The summed E-state index contributed by atoms with van der Waals surface area (Å²) in [5.74, 6) is -0.291. The second-order valence-electron chi connectivity index (χ2n) is 4.28. The third-order valence-electron chi connectivity index (χ3n) is 2.77. The average Bonchev–Trinajstić information content (AvgIpc) is 2.95. The molecule has 0 aromatic heterocycles. The van der Waals surface area contributed by atoms with Crippen molar-refractivity contribution in [2.45, 2.75) is 6.17 Å². The van der Waals surface area contributed by atoms with Gasteiger partial charge in [0.2, 0.25) is 5.91 Å². The van der Waals surface area contributed by atoms with Gasteiger partial charge in [0.1, 0.15) is 0 Å². The van der Waals surface area contributed by atoms with E-state index in [1.165, 1.54) is 6.20 Å². The Morgan fingerprint density at radius 2 is 2.14 bits per heavy atom. The molecule has 21 heavy (non-hydrogen) atoms. The number of benzene rings is 1. The van der Waals surface area contributed by atoms with Gasteiger partial charge in [0, 0.05) is 5.69 Å². The number of azo groups is 1. The summed E-state index contributed by atoms with van der Waals surface area (Å²) in [5.41, 5.74) is 1.15. The van der Waals surface area contributed by atoms with Crippen LogP contribution in [0.25, 0.3) is 0 Å². The normalized spacial score (nSPS) is 19.4. The van der Waals surface area contributed by atoms with E-state index in [2.05, 4.69) is 25.9 Å². The molecule has 0 bridgehead atoms. The van der Waals surface area contributed by atoms with E-state index in [1.807, 2.05) is 18.2 Å². The molecule has 106 valence electrons. The minimum Gasteiger partial charge on any atom is -0.325 e. The predicted octanol–water partition coefficient (Wildman–Crippen LogP) is 1.52. The van der Waals surface area contributed by atoms with Crippen molar-refractivity contribution in [3.05, 3.63) is 42.1 Å². The van der Waals surface area contributed by atoms with Gasteiger partial charge >= 0.3 is 0 Å². The van der Waals surface area contributed by atoms with Gasteiger partial charge in [0.15, 0.2) is 11.3 Å². The minimum atomic E-state index is -0.571. The molecule has 2 aliphatic heterocycles. The van der Waals surface area contributed by atoms with Gasteiger partial charge in [-0.2, -0.15) is 10.2 Å². The Hall–Kier alpha value is -2.48. The lowest BCUT2D eigenvalue weighted by atomic mass is 10.2. The quantitative estimate of drug-likeness (QED) is 0.886. The summed E-state index contributed by atoms with van der Waals surface area (Å²) in [5, 5.41) is 13.2. The highest BCUT2D eigenvalue weighted by atomic mass is 32.2. The molecule has 1 atom stereocenters. The summed E-state index contributed by atoms with van der Waals surface area (Å²) < 4.78 is 0. The van der Waals surface area contributed by atoms with E-state index in [1.54, 1.807) is 12.1 Å². The summed E-state index contributed by atoms with van der Waals surface area (Å²) in [6, 6.07) is 9.16. The van der Waals surface area contributed by atoms with Crippen LogP contribution in [0, 0.1) is 0 Å². The summed E-state index contributed by atoms with van der Waals surface area (Å²) >= 11 is 1.15. The first-order valence-electron chi connectivity index (χ1n) is 6.19. The third-order valence-corrected chi connectivity index (χ3v) is 3.66. The lowest BCUT2D eigenvalue weighted by molar-refractivity contribution is -0.116. The molecule has 1 aromatic carbocycles. The Balaban J connectivity index is 1.56. The van der Waals surface area contributed by atoms with Crippen molar-refractivity contribution < 1.29 is 9.59 Å². The van der Waals surface area contributed by atoms with Crippen molar-refractivity contribution >= 4 is 34.4 Å². The van der Waals surface area contributed by atoms with Crippen molar-refractivity contribution in [2.75, 3.05) is 11.1 Å². The molecule has 0 spiro atoms. The van der Waals surface area contributed by atoms with Crippen LogP contribution in [0.5, 0.6) is 0 Å². The predicted molar refractivity (Wildman–Crippen MR) is 79.8 cm³/mol. The second-order valence-corrected chi connectivity index (χ2v) is 5.24. The van der Waals surface area contributed by atoms with Crippen LogP contribution in [-0.2, 0) is 9.59 Å². The molecular weight excluding hydrogens is 290 g/mol. The summed E-state index contributed by atoms with van der Waals surface area (Å²) in [7, 11) is 0. The van der Waals surface area contributed by atoms with E-state index in [0.29, 0.717) is 10.7 Å². The Morgan fingerprint density at radius 3 is 2.95 bits per heavy atom. The lowest BCUT2D eigenvalue weighted by Crippen LogP contribution is -2.38. The molecule has 2 N–H and O–H groups in total. The third kappa shape index (κ3) is 3.16. The van der Waals surface area contributed by atoms with Crippen LogP contribution in [0.4, 0.5) is 5.69 Å². The molecular formula is C13H11N5O2S. The highest BCUT2D eigenvalue weighted by Crippen LogP contribution is 2.22. The number of thioether (sulfide) groups is 1. The largest absolute Gasteiger partial charge is 0.325 e. The topological polar surface area (TPSA) is 95.3 Å². The first kappa shape index (κ1) is 13.5. The van der Waals surface area contributed by atoms with Crippen LogP contribution in [0.1, 0.15) is 0 Å².